The van der Waals surface area contributed by atoms with Crippen LogP contribution in [0, 0.1) is 5.92 Å². The molecule has 1 aromatic heterocycles. The number of rotatable bonds is 11. The molecule has 2 aromatic carbocycles. The van der Waals surface area contributed by atoms with Gasteiger partial charge in [0.25, 0.3) is 5.78 Å². The van der Waals surface area contributed by atoms with Gasteiger partial charge in [-0.15, -0.1) is 0 Å². The highest BCUT2D eigenvalue weighted by Gasteiger charge is 2.32. The number of hydrogen-bond donors (Lipinski definition) is 1. The molecule has 3 rings (SSSR count). The van der Waals surface area contributed by atoms with Crippen molar-refractivity contribution in [2.24, 2.45) is 5.92 Å². The molecule has 6 heteroatoms. The minimum atomic E-state index is -1.03. The van der Waals surface area contributed by atoms with Crippen LogP contribution in [-0.4, -0.2) is 35.3 Å². The van der Waals surface area contributed by atoms with Crippen molar-refractivity contribution < 1.29 is 19.1 Å². The van der Waals surface area contributed by atoms with Gasteiger partial charge < -0.3 is 10.1 Å². The SMILES string of the molecule is CCOC(=O)C(=O)[C@H](Cc1ccccc1)NC(=O)C(CC(C)C)c1cccc(-c2ccccc2)n1. The number of carbonyl (C=O) groups excluding carboxylic acids is 3. The van der Waals surface area contributed by atoms with E-state index in [9.17, 15) is 14.4 Å². The van der Waals surface area contributed by atoms with Gasteiger partial charge in [0.2, 0.25) is 5.91 Å². The molecule has 35 heavy (non-hydrogen) atoms. The fourth-order valence-electron chi connectivity index (χ4n) is 3.92. The molecular weight excluding hydrogens is 440 g/mol. The zero-order chi connectivity index (χ0) is 25.2. The molecule has 3 aromatic rings. The lowest BCUT2D eigenvalue weighted by atomic mass is 9.91. The predicted molar refractivity (Wildman–Crippen MR) is 136 cm³/mol. The van der Waals surface area contributed by atoms with Gasteiger partial charge in [0.05, 0.1) is 23.9 Å². The smallest absolute Gasteiger partial charge is 0.376 e. The third-order valence-corrected chi connectivity index (χ3v) is 5.61. The molecule has 0 bridgehead atoms. The molecule has 1 unspecified atom stereocenters. The zero-order valence-electron chi connectivity index (χ0n) is 20.4. The van der Waals surface area contributed by atoms with Gasteiger partial charge in [0.15, 0.2) is 0 Å². The summed E-state index contributed by atoms with van der Waals surface area (Å²) in [4.78, 5) is 43.5. The summed E-state index contributed by atoms with van der Waals surface area (Å²) in [6, 6.07) is 23.6. The Morgan fingerprint density at radius 2 is 1.54 bits per heavy atom. The van der Waals surface area contributed by atoms with Gasteiger partial charge in [-0.1, -0.05) is 80.6 Å². The number of carbonyl (C=O) groups is 3. The lowest BCUT2D eigenvalue weighted by Crippen LogP contribution is -2.47. The van der Waals surface area contributed by atoms with Crippen LogP contribution in [0.3, 0.4) is 0 Å². The summed E-state index contributed by atoms with van der Waals surface area (Å²) in [6.45, 7) is 5.79. The molecule has 0 saturated heterocycles. The van der Waals surface area contributed by atoms with E-state index in [2.05, 4.69) is 5.32 Å². The second-order valence-electron chi connectivity index (χ2n) is 8.83. The van der Waals surface area contributed by atoms with Crippen molar-refractivity contribution in [3.63, 3.8) is 0 Å². The van der Waals surface area contributed by atoms with Crippen molar-refractivity contribution in [2.75, 3.05) is 6.61 Å². The van der Waals surface area contributed by atoms with Crippen LogP contribution in [0.4, 0.5) is 0 Å². The molecule has 6 nitrogen and oxygen atoms in total. The molecule has 0 fully saturated rings. The molecular formula is C29H32N2O4. The van der Waals surface area contributed by atoms with Gasteiger partial charge in [-0.05, 0) is 37.0 Å². The van der Waals surface area contributed by atoms with Crippen molar-refractivity contribution in [1.29, 1.82) is 0 Å². The average molecular weight is 473 g/mol. The predicted octanol–water partition coefficient (Wildman–Crippen LogP) is 4.74. The Kier molecular flexibility index (Phi) is 9.30. The number of amides is 1. The van der Waals surface area contributed by atoms with Crippen LogP contribution in [0.2, 0.25) is 0 Å². The number of nitrogens with zero attached hydrogens (tertiary/aromatic N) is 1. The number of hydrogen-bond acceptors (Lipinski definition) is 5. The molecule has 0 saturated carbocycles. The first kappa shape index (κ1) is 25.8. The lowest BCUT2D eigenvalue weighted by molar-refractivity contribution is -0.154. The standard InChI is InChI=1S/C29H32N2O4/c1-4-35-29(34)27(32)26(19-21-12-7-5-8-13-21)31-28(33)23(18-20(2)3)25-17-11-16-24(30-25)22-14-9-6-10-15-22/h5-17,20,23,26H,4,18-19H2,1-3H3,(H,31,33)/t23?,26-/m0/s1. The number of ether oxygens (including phenoxy) is 1. The van der Waals surface area contributed by atoms with Gasteiger partial charge in [-0.25, -0.2) is 4.79 Å². The summed E-state index contributed by atoms with van der Waals surface area (Å²) >= 11 is 0. The van der Waals surface area contributed by atoms with E-state index in [1.807, 2.05) is 92.7 Å². The van der Waals surface area contributed by atoms with E-state index >= 15 is 0 Å². The molecule has 2 atom stereocenters. The maximum Gasteiger partial charge on any atom is 0.376 e. The Balaban J connectivity index is 1.89. The van der Waals surface area contributed by atoms with Crippen LogP contribution in [0.25, 0.3) is 11.3 Å². The van der Waals surface area contributed by atoms with Crippen molar-refractivity contribution in [3.8, 4) is 11.3 Å². The zero-order valence-corrected chi connectivity index (χ0v) is 20.4. The summed E-state index contributed by atoms with van der Waals surface area (Å²) in [7, 11) is 0. The number of esters is 1. The Labute approximate surface area is 206 Å². The molecule has 0 aliphatic carbocycles. The van der Waals surface area contributed by atoms with Gasteiger partial charge in [0, 0.05) is 12.0 Å². The molecule has 182 valence electrons. The van der Waals surface area contributed by atoms with Crippen LogP contribution in [-0.2, 0) is 25.5 Å². The third kappa shape index (κ3) is 7.34. The van der Waals surface area contributed by atoms with Crippen molar-refractivity contribution >= 4 is 17.7 Å². The van der Waals surface area contributed by atoms with E-state index in [0.29, 0.717) is 12.1 Å². The molecule has 1 amide bonds. The first-order valence-corrected chi connectivity index (χ1v) is 12.0. The Hall–Kier alpha value is -3.80. The van der Waals surface area contributed by atoms with Crippen LogP contribution < -0.4 is 5.32 Å². The highest BCUT2D eigenvalue weighted by molar-refractivity contribution is 6.36. The third-order valence-electron chi connectivity index (χ3n) is 5.61. The van der Waals surface area contributed by atoms with Gasteiger partial charge in [-0.3, -0.25) is 14.6 Å². The molecule has 0 aliphatic heterocycles. The van der Waals surface area contributed by atoms with Crippen LogP contribution in [0.5, 0.6) is 0 Å². The second-order valence-corrected chi connectivity index (χ2v) is 8.83. The first-order valence-electron chi connectivity index (χ1n) is 12.0. The Bertz CT molecular complexity index is 1130. The molecule has 0 aliphatic rings. The van der Waals surface area contributed by atoms with Gasteiger partial charge in [-0.2, -0.15) is 0 Å². The van der Waals surface area contributed by atoms with Crippen molar-refractivity contribution in [3.05, 3.63) is 90.1 Å². The number of benzene rings is 2. The molecule has 1 heterocycles. The Morgan fingerprint density at radius 1 is 0.886 bits per heavy atom. The van der Waals surface area contributed by atoms with Crippen molar-refractivity contribution in [1.82, 2.24) is 10.3 Å². The number of pyridine rings is 1. The van der Waals surface area contributed by atoms with Crippen LogP contribution in [0.1, 0.15) is 44.4 Å². The van der Waals surface area contributed by atoms with E-state index in [1.165, 1.54) is 0 Å². The Morgan fingerprint density at radius 3 is 2.17 bits per heavy atom. The van der Waals surface area contributed by atoms with Crippen LogP contribution >= 0.6 is 0 Å². The summed E-state index contributed by atoms with van der Waals surface area (Å²) in [5.74, 6) is -2.42. The highest BCUT2D eigenvalue weighted by Crippen LogP contribution is 2.26. The minimum Gasteiger partial charge on any atom is -0.460 e. The van der Waals surface area contributed by atoms with E-state index in [0.717, 1.165) is 16.8 Å². The number of nitrogens with one attached hydrogen (secondary N) is 1. The largest absolute Gasteiger partial charge is 0.460 e. The van der Waals surface area contributed by atoms with E-state index in [4.69, 9.17) is 9.72 Å². The average Bonchev–Trinajstić information content (AvgIpc) is 2.87. The lowest BCUT2D eigenvalue weighted by Gasteiger charge is -2.23. The van der Waals surface area contributed by atoms with Gasteiger partial charge in [0.1, 0.15) is 6.04 Å². The number of Topliss-reactive ketones (excluding diaryl/α,β-unsaturated/α-hetero) is 1. The van der Waals surface area contributed by atoms with E-state index < -0.39 is 23.7 Å². The van der Waals surface area contributed by atoms with Crippen LogP contribution in [0.15, 0.2) is 78.9 Å². The molecule has 0 radical (unpaired) electrons. The summed E-state index contributed by atoms with van der Waals surface area (Å²) in [5, 5.41) is 2.84. The minimum absolute atomic E-state index is 0.0861. The topological polar surface area (TPSA) is 85.4 Å². The molecule has 1 N–H and O–H groups in total. The van der Waals surface area contributed by atoms with E-state index in [1.54, 1.807) is 6.92 Å². The first-order chi connectivity index (χ1) is 16.9. The normalized spacial score (nSPS) is 12.6. The fourth-order valence-corrected chi connectivity index (χ4v) is 3.92. The maximum atomic E-state index is 13.6. The summed E-state index contributed by atoms with van der Waals surface area (Å²) in [6.07, 6.45) is 0.735. The number of ketones is 1. The van der Waals surface area contributed by atoms with Crippen molar-refractivity contribution in [2.45, 2.75) is 45.6 Å². The molecule has 0 spiro atoms. The number of aromatic nitrogens is 1. The quantitative estimate of drug-likeness (QED) is 0.322. The monoisotopic (exact) mass is 472 g/mol. The fraction of sp³-hybridized carbons (Fsp3) is 0.310. The maximum absolute atomic E-state index is 13.6. The van der Waals surface area contributed by atoms with Gasteiger partial charge >= 0.3 is 5.97 Å². The summed E-state index contributed by atoms with van der Waals surface area (Å²) in [5.41, 5.74) is 3.19. The van der Waals surface area contributed by atoms with E-state index in [-0.39, 0.29) is 24.9 Å². The second kappa shape index (κ2) is 12.6. The summed E-state index contributed by atoms with van der Waals surface area (Å²) < 4.78 is 4.93. The highest BCUT2D eigenvalue weighted by atomic mass is 16.5.